The highest BCUT2D eigenvalue weighted by atomic mass is 35.5. The number of fused-ring (bicyclic) bond motifs is 4. The molecule has 2 aliphatic rings. The number of carbonyl (C=O) groups is 1. The Labute approximate surface area is 156 Å². The molecule has 130 valence electrons. The Balaban J connectivity index is 0.00000168. The van der Waals surface area contributed by atoms with Gasteiger partial charge in [-0.15, -0.1) is 12.4 Å². The summed E-state index contributed by atoms with van der Waals surface area (Å²) in [7, 11) is 0. The van der Waals surface area contributed by atoms with Gasteiger partial charge in [0.25, 0.3) is 0 Å². The van der Waals surface area contributed by atoms with E-state index < -0.39 is 0 Å². The minimum atomic E-state index is -0.0513. The molecule has 7 heteroatoms. The number of halogens is 1. The van der Waals surface area contributed by atoms with Crippen LogP contribution in [0.15, 0.2) is 65.7 Å². The summed E-state index contributed by atoms with van der Waals surface area (Å²) in [6.07, 6.45) is 3.28. The van der Waals surface area contributed by atoms with Crippen molar-refractivity contribution in [2.75, 3.05) is 18.4 Å². The molecule has 3 aromatic rings. The minimum Gasteiger partial charge on any atom is -0.345 e. The summed E-state index contributed by atoms with van der Waals surface area (Å²) in [6.45, 7) is 1.51. The summed E-state index contributed by atoms with van der Waals surface area (Å²) in [4.78, 5) is 26.7. The van der Waals surface area contributed by atoms with E-state index in [-0.39, 0.29) is 18.2 Å². The van der Waals surface area contributed by atoms with Crippen LogP contribution in [0.5, 0.6) is 0 Å². The molecule has 2 aromatic carbocycles. The van der Waals surface area contributed by atoms with Crippen LogP contribution in [0.25, 0.3) is 11.0 Å². The summed E-state index contributed by atoms with van der Waals surface area (Å²) in [6, 6.07) is 13.5. The van der Waals surface area contributed by atoms with Crippen molar-refractivity contribution in [1.29, 1.82) is 0 Å². The van der Waals surface area contributed by atoms with Gasteiger partial charge in [-0.3, -0.25) is 9.79 Å². The molecule has 0 amide bonds. The van der Waals surface area contributed by atoms with Gasteiger partial charge in [0.05, 0.1) is 29.6 Å². The first-order chi connectivity index (χ1) is 12.3. The number of anilines is 1. The largest absolute Gasteiger partial charge is 0.345 e. The Kier molecular flexibility index (Phi) is 3.97. The number of imidazole rings is 1. The second-order valence-electron chi connectivity index (χ2n) is 6.06. The van der Waals surface area contributed by atoms with Gasteiger partial charge in [0.15, 0.2) is 5.78 Å². The van der Waals surface area contributed by atoms with Crippen LogP contribution in [0.1, 0.15) is 15.9 Å². The van der Waals surface area contributed by atoms with Gasteiger partial charge in [0.2, 0.25) is 0 Å². The molecule has 0 saturated heterocycles. The van der Waals surface area contributed by atoms with Crippen molar-refractivity contribution in [3.63, 3.8) is 0 Å². The number of para-hydroxylation sites is 1. The van der Waals surface area contributed by atoms with Gasteiger partial charge in [-0.2, -0.15) is 0 Å². The molecule has 0 bridgehead atoms. The van der Waals surface area contributed by atoms with Crippen molar-refractivity contribution in [1.82, 2.24) is 14.9 Å². The highest BCUT2D eigenvalue weighted by Crippen LogP contribution is 2.29. The number of hydrogen-bond donors (Lipinski definition) is 2. The number of hydrogen-bond acceptors (Lipinski definition) is 5. The number of aromatic amines is 1. The second kappa shape index (κ2) is 6.31. The molecule has 2 aliphatic heterocycles. The lowest BCUT2D eigenvalue weighted by molar-refractivity contribution is 0.104. The lowest BCUT2D eigenvalue weighted by Crippen LogP contribution is -2.36. The first-order valence-corrected chi connectivity index (χ1v) is 8.17. The number of allylic oxidation sites excluding steroid dienone is 1. The maximum absolute atomic E-state index is 12.8. The molecule has 0 aliphatic carbocycles. The first-order valence-electron chi connectivity index (χ1n) is 8.17. The van der Waals surface area contributed by atoms with E-state index in [4.69, 9.17) is 0 Å². The molecule has 0 atom stereocenters. The molecule has 5 rings (SSSR count). The standard InChI is InChI=1S/C19H15N5O.ClH/c25-17(12-5-6-15-16(9-12)22-11-21-15)10-18-23-14-4-2-1-3-13(14)19-20-7-8-24(18)19;/h1-6,9-11,23H,7-8H2,(H,21,22);1H. The van der Waals surface area contributed by atoms with E-state index in [1.165, 1.54) is 0 Å². The number of rotatable bonds is 2. The number of nitrogens with one attached hydrogen (secondary N) is 2. The third-order valence-electron chi connectivity index (χ3n) is 4.53. The number of aromatic nitrogens is 2. The highest BCUT2D eigenvalue weighted by Gasteiger charge is 2.29. The lowest BCUT2D eigenvalue weighted by Gasteiger charge is -2.31. The van der Waals surface area contributed by atoms with Crippen molar-refractivity contribution in [3.05, 3.63) is 71.8 Å². The highest BCUT2D eigenvalue weighted by molar-refractivity contribution is 6.11. The van der Waals surface area contributed by atoms with Crippen LogP contribution in [-0.4, -0.2) is 39.6 Å². The Morgan fingerprint density at radius 1 is 1.19 bits per heavy atom. The number of H-pyrrole nitrogens is 1. The summed E-state index contributed by atoms with van der Waals surface area (Å²) in [5.74, 6) is 1.65. The van der Waals surface area contributed by atoms with Crippen molar-refractivity contribution in [3.8, 4) is 0 Å². The predicted octanol–water partition coefficient (Wildman–Crippen LogP) is 3.20. The maximum Gasteiger partial charge on any atom is 0.189 e. The zero-order chi connectivity index (χ0) is 16.8. The maximum atomic E-state index is 12.8. The fourth-order valence-electron chi connectivity index (χ4n) is 3.32. The molecule has 0 fully saturated rings. The zero-order valence-corrected chi connectivity index (χ0v) is 14.6. The van der Waals surface area contributed by atoms with Crippen LogP contribution in [0.2, 0.25) is 0 Å². The Morgan fingerprint density at radius 3 is 3.00 bits per heavy atom. The van der Waals surface area contributed by atoms with Crippen molar-refractivity contribution >= 4 is 40.7 Å². The SMILES string of the molecule is Cl.O=C(C=C1Nc2ccccc2C2=NCCN12)c1ccc2nc[nH]c2c1. The van der Waals surface area contributed by atoms with E-state index in [9.17, 15) is 4.79 Å². The van der Waals surface area contributed by atoms with Crippen LogP contribution in [-0.2, 0) is 0 Å². The topological polar surface area (TPSA) is 73.4 Å². The fourth-order valence-corrected chi connectivity index (χ4v) is 3.32. The molecular formula is C19H16ClN5O. The Hall–Kier alpha value is -3.12. The molecule has 0 spiro atoms. The van der Waals surface area contributed by atoms with Crippen LogP contribution in [0, 0.1) is 0 Å². The van der Waals surface area contributed by atoms with Gasteiger partial charge in [-0.1, -0.05) is 12.1 Å². The third kappa shape index (κ3) is 2.55. The van der Waals surface area contributed by atoms with E-state index in [1.807, 2.05) is 36.4 Å². The van der Waals surface area contributed by atoms with Crippen molar-refractivity contribution in [2.24, 2.45) is 4.99 Å². The lowest BCUT2D eigenvalue weighted by atomic mass is 10.1. The van der Waals surface area contributed by atoms with Gasteiger partial charge in [0, 0.05) is 23.7 Å². The smallest absolute Gasteiger partial charge is 0.189 e. The van der Waals surface area contributed by atoms with E-state index in [1.54, 1.807) is 18.5 Å². The molecule has 0 saturated carbocycles. The summed E-state index contributed by atoms with van der Waals surface area (Å²) in [5.41, 5.74) is 4.38. The van der Waals surface area contributed by atoms with Gasteiger partial charge in [-0.05, 0) is 30.3 Å². The molecule has 0 radical (unpaired) electrons. The van der Waals surface area contributed by atoms with E-state index in [0.29, 0.717) is 5.56 Å². The Morgan fingerprint density at radius 2 is 2.08 bits per heavy atom. The molecule has 6 nitrogen and oxygen atoms in total. The number of benzene rings is 2. The van der Waals surface area contributed by atoms with Gasteiger partial charge in [-0.25, -0.2) is 4.98 Å². The van der Waals surface area contributed by atoms with Crippen LogP contribution in [0.3, 0.4) is 0 Å². The molecule has 26 heavy (non-hydrogen) atoms. The summed E-state index contributed by atoms with van der Waals surface area (Å²) < 4.78 is 0. The number of nitrogens with zero attached hydrogens (tertiary/aromatic N) is 3. The molecule has 0 unspecified atom stereocenters. The number of aliphatic imine (C=N–C) groups is 1. The van der Waals surface area contributed by atoms with Crippen molar-refractivity contribution in [2.45, 2.75) is 0 Å². The quantitative estimate of drug-likeness (QED) is 0.540. The molecule has 1 aromatic heterocycles. The zero-order valence-electron chi connectivity index (χ0n) is 13.8. The van der Waals surface area contributed by atoms with Gasteiger partial charge < -0.3 is 15.2 Å². The average molecular weight is 366 g/mol. The Bertz CT molecular complexity index is 1070. The third-order valence-corrected chi connectivity index (χ3v) is 4.53. The van der Waals surface area contributed by atoms with E-state index in [2.05, 4.69) is 25.2 Å². The first kappa shape index (κ1) is 16.4. The van der Waals surface area contributed by atoms with E-state index >= 15 is 0 Å². The summed E-state index contributed by atoms with van der Waals surface area (Å²) >= 11 is 0. The van der Waals surface area contributed by atoms with E-state index in [0.717, 1.165) is 47.0 Å². The molecular weight excluding hydrogens is 350 g/mol. The number of ketones is 1. The van der Waals surface area contributed by atoms with Crippen molar-refractivity contribution < 1.29 is 4.79 Å². The van der Waals surface area contributed by atoms with Crippen LogP contribution >= 0.6 is 12.4 Å². The second-order valence-corrected chi connectivity index (χ2v) is 6.06. The van der Waals surface area contributed by atoms with Gasteiger partial charge in [0.1, 0.15) is 11.7 Å². The molecule has 2 N–H and O–H groups in total. The monoisotopic (exact) mass is 365 g/mol. The number of carbonyl (C=O) groups excluding carboxylic acids is 1. The summed E-state index contributed by atoms with van der Waals surface area (Å²) in [5, 5.41) is 3.37. The van der Waals surface area contributed by atoms with Gasteiger partial charge >= 0.3 is 0 Å². The average Bonchev–Trinajstić information content (AvgIpc) is 3.30. The minimum absolute atomic E-state index is 0. The predicted molar refractivity (Wildman–Crippen MR) is 104 cm³/mol. The van der Waals surface area contributed by atoms with Crippen LogP contribution < -0.4 is 5.32 Å². The fraction of sp³-hybridized carbons (Fsp3) is 0.105. The normalized spacial score (nSPS) is 16.5. The molecule has 3 heterocycles. The number of amidine groups is 1. The van der Waals surface area contributed by atoms with Crippen LogP contribution in [0.4, 0.5) is 5.69 Å².